The first-order valence-electron chi connectivity index (χ1n) is 7.13. The number of rotatable bonds is 6. The van der Waals surface area contributed by atoms with Gasteiger partial charge in [0.25, 0.3) is 0 Å². The molecular weight excluding hydrogens is 264 g/mol. The standard InChI is InChI=1S/C16H22N4O/c1-4-10-21-16-14(17)8-9-15(19-16)20(3)11-13-7-5-6-12(2)18-13/h5-9H,4,10-11,17H2,1-3H3. The van der Waals surface area contributed by atoms with E-state index in [9.17, 15) is 0 Å². The van der Waals surface area contributed by atoms with Gasteiger partial charge in [0.15, 0.2) is 0 Å². The second-order valence-corrected chi connectivity index (χ2v) is 5.04. The molecule has 2 aromatic rings. The van der Waals surface area contributed by atoms with Crippen molar-refractivity contribution < 1.29 is 4.74 Å². The molecule has 0 aliphatic heterocycles. The summed E-state index contributed by atoms with van der Waals surface area (Å²) in [4.78, 5) is 11.0. The van der Waals surface area contributed by atoms with Crippen molar-refractivity contribution in [3.63, 3.8) is 0 Å². The van der Waals surface area contributed by atoms with Crippen LogP contribution in [-0.2, 0) is 6.54 Å². The molecule has 2 N–H and O–H groups in total. The maximum Gasteiger partial charge on any atom is 0.239 e. The van der Waals surface area contributed by atoms with Crippen molar-refractivity contribution in [2.45, 2.75) is 26.8 Å². The molecule has 0 radical (unpaired) electrons. The van der Waals surface area contributed by atoms with Crippen LogP contribution < -0.4 is 15.4 Å². The number of nitrogen functional groups attached to an aromatic ring is 1. The molecule has 0 bridgehead atoms. The number of anilines is 2. The average Bonchev–Trinajstić information content (AvgIpc) is 2.46. The van der Waals surface area contributed by atoms with E-state index in [1.807, 2.05) is 49.2 Å². The molecule has 0 amide bonds. The minimum atomic E-state index is 0.499. The van der Waals surface area contributed by atoms with Crippen LogP contribution in [0.15, 0.2) is 30.3 Å². The van der Waals surface area contributed by atoms with Crippen LogP contribution in [0.5, 0.6) is 5.88 Å². The number of aryl methyl sites for hydroxylation is 1. The molecule has 0 saturated heterocycles. The summed E-state index contributed by atoms with van der Waals surface area (Å²) in [6.45, 7) is 5.34. The number of hydrogen-bond acceptors (Lipinski definition) is 5. The second-order valence-electron chi connectivity index (χ2n) is 5.04. The third-order valence-electron chi connectivity index (χ3n) is 3.05. The lowest BCUT2D eigenvalue weighted by atomic mass is 10.3. The number of pyridine rings is 2. The van der Waals surface area contributed by atoms with Gasteiger partial charge in [0.1, 0.15) is 5.82 Å². The summed E-state index contributed by atoms with van der Waals surface area (Å²) >= 11 is 0. The van der Waals surface area contributed by atoms with Crippen LogP contribution >= 0.6 is 0 Å². The molecule has 5 heteroatoms. The highest BCUT2D eigenvalue weighted by Gasteiger charge is 2.09. The van der Waals surface area contributed by atoms with E-state index in [4.69, 9.17) is 10.5 Å². The molecule has 0 aliphatic rings. The molecule has 0 unspecified atom stereocenters. The SMILES string of the molecule is CCCOc1nc(N(C)Cc2cccc(C)n2)ccc1N. The summed E-state index contributed by atoms with van der Waals surface area (Å²) in [5, 5.41) is 0. The third-order valence-corrected chi connectivity index (χ3v) is 3.05. The Balaban J connectivity index is 2.13. The van der Waals surface area contributed by atoms with Gasteiger partial charge in [-0.25, -0.2) is 0 Å². The van der Waals surface area contributed by atoms with E-state index in [1.165, 1.54) is 0 Å². The lowest BCUT2D eigenvalue weighted by Crippen LogP contribution is -2.19. The number of nitrogens with zero attached hydrogens (tertiary/aromatic N) is 3. The quantitative estimate of drug-likeness (QED) is 0.884. The summed E-state index contributed by atoms with van der Waals surface area (Å²) in [5.74, 6) is 1.32. The molecular formula is C16H22N4O. The Labute approximate surface area is 125 Å². The van der Waals surface area contributed by atoms with E-state index >= 15 is 0 Å². The predicted octanol–water partition coefficient (Wildman–Crippen LogP) is 2.79. The Hall–Kier alpha value is -2.30. The van der Waals surface area contributed by atoms with Gasteiger partial charge in [-0.15, -0.1) is 0 Å². The molecule has 0 spiro atoms. The minimum absolute atomic E-state index is 0.499. The van der Waals surface area contributed by atoms with Crippen molar-refractivity contribution >= 4 is 11.5 Å². The average molecular weight is 286 g/mol. The Morgan fingerprint density at radius 3 is 2.71 bits per heavy atom. The largest absolute Gasteiger partial charge is 0.476 e. The zero-order valence-electron chi connectivity index (χ0n) is 12.8. The topological polar surface area (TPSA) is 64.3 Å². The van der Waals surface area contributed by atoms with Crippen molar-refractivity contribution in [3.05, 3.63) is 41.7 Å². The highest BCUT2D eigenvalue weighted by atomic mass is 16.5. The third kappa shape index (κ3) is 4.08. The van der Waals surface area contributed by atoms with E-state index in [2.05, 4.69) is 16.9 Å². The smallest absolute Gasteiger partial charge is 0.239 e. The van der Waals surface area contributed by atoms with Crippen LogP contribution in [0.1, 0.15) is 24.7 Å². The molecule has 0 fully saturated rings. The summed E-state index contributed by atoms with van der Waals surface area (Å²) in [6, 6.07) is 9.73. The van der Waals surface area contributed by atoms with E-state index < -0.39 is 0 Å². The Kier molecular flexibility index (Phi) is 4.98. The first-order chi connectivity index (χ1) is 10.1. The van der Waals surface area contributed by atoms with Gasteiger partial charge in [0, 0.05) is 12.7 Å². The van der Waals surface area contributed by atoms with E-state index in [0.29, 0.717) is 24.7 Å². The zero-order valence-corrected chi connectivity index (χ0v) is 12.8. The molecule has 112 valence electrons. The second kappa shape index (κ2) is 6.92. The highest BCUT2D eigenvalue weighted by molar-refractivity contribution is 5.54. The summed E-state index contributed by atoms with van der Waals surface area (Å²) in [5.41, 5.74) is 8.47. The lowest BCUT2D eigenvalue weighted by molar-refractivity contribution is 0.307. The van der Waals surface area contributed by atoms with Crippen LogP contribution in [0.4, 0.5) is 11.5 Å². The number of hydrogen-bond donors (Lipinski definition) is 1. The molecule has 2 heterocycles. The normalized spacial score (nSPS) is 10.4. The van der Waals surface area contributed by atoms with Gasteiger partial charge in [-0.05, 0) is 37.6 Å². The van der Waals surface area contributed by atoms with Crippen molar-refractivity contribution in [2.75, 3.05) is 24.3 Å². The predicted molar refractivity (Wildman–Crippen MR) is 85.5 cm³/mol. The van der Waals surface area contributed by atoms with Gasteiger partial charge in [0.05, 0.1) is 24.5 Å². The summed E-state index contributed by atoms with van der Waals surface area (Å²) < 4.78 is 5.57. The van der Waals surface area contributed by atoms with Crippen molar-refractivity contribution in [3.8, 4) is 5.88 Å². The van der Waals surface area contributed by atoms with Gasteiger partial charge >= 0.3 is 0 Å². The van der Waals surface area contributed by atoms with E-state index in [0.717, 1.165) is 23.6 Å². The summed E-state index contributed by atoms with van der Waals surface area (Å²) in [6.07, 6.45) is 0.925. The van der Waals surface area contributed by atoms with E-state index in [1.54, 1.807) is 0 Å². The molecule has 5 nitrogen and oxygen atoms in total. The maximum atomic E-state index is 5.88. The first kappa shape index (κ1) is 15.1. The number of ether oxygens (including phenoxy) is 1. The van der Waals surface area contributed by atoms with Crippen LogP contribution in [0.3, 0.4) is 0 Å². The first-order valence-corrected chi connectivity index (χ1v) is 7.13. The van der Waals surface area contributed by atoms with E-state index in [-0.39, 0.29) is 0 Å². The number of aromatic nitrogens is 2. The molecule has 2 rings (SSSR count). The van der Waals surface area contributed by atoms with Gasteiger partial charge in [-0.3, -0.25) is 4.98 Å². The molecule has 0 saturated carbocycles. The van der Waals surface area contributed by atoms with Crippen molar-refractivity contribution in [2.24, 2.45) is 0 Å². The Bertz CT molecular complexity index is 601. The molecule has 21 heavy (non-hydrogen) atoms. The van der Waals surface area contributed by atoms with Crippen molar-refractivity contribution in [1.82, 2.24) is 9.97 Å². The van der Waals surface area contributed by atoms with Crippen molar-refractivity contribution in [1.29, 1.82) is 0 Å². The lowest BCUT2D eigenvalue weighted by Gasteiger charge is -2.19. The zero-order chi connectivity index (χ0) is 15.2. The highest BCUT2D eigenvalue weighted by Crippen LogP contribution is 2.23. The van der Waals surface area contributed by atoms with Gasteiger partial charge < -0.3 is 15.4 Å². The van der Waals surface area contributed by atoms with Crippen LogP contribution in [0.25, 0.3) is 0 Å². The molecule has 0 aliphatic carbocycles. The Morgan fingerprint density at radius 1 is 1.19 bits per heavy atom. The fourth-order valence-electron chi connectivity index (χ4n) is 1.98. The fourth-order valence-corrected chi connectivity index (χ4v) is 1.98. The number of nitrogens with two attached hydrogens (primary N) is 1. The fraction of sp³-hybridized carbons (Fsp3) is 0.375. The van der Waals surface area contributed by atoms with Gasteiger partial charge in [-0.1, -0.05) is 13.0 Å². The van der Waals surface area contributed by atoms with Gasteiger partial charge in [-0.2, -0.15) is 4.98 Å². The Morgan fingerprint density at radius 2 is 2.00 bits per heavy atom. The van der Waals surface area contributed by atoms with Crippen LogP contribution in [0, 0.1) is 6.92 Å². The molecule has 0 atom stereocenters. The van der Waals surface area contributed by atoms with Gasteiger partial charge in [0.2, 0.25) is 5.88 Å². The minimum Gasteiger partial charge on any atom is -0.476 e. The molecule has 0 aromatic carbocycles. The van der Waals surface area contributed by atoms with Crippen LogP contribution in [0.2, 0.25) is 0 Å². The van der Waals surface area contributed by atoms with Crippen LogP contribution in [-0.4, -0.2) is 23.6 Å². The maximum absolute atomic E-state index is 5.88. The summed E-state index contributed by atoms with van der Waals surface area (Å²) in [7, 11) is 1.98. The molecule has 2 aromatic heterocycles. The monoisotopic (exact) mass is 286 g/mol.